The van der Waals surface area contributed by atoms with Gasteiger partial charge in [0.05, 0.1) is 7.11 Å². The number of benzene rings is 1. The molecule has 0 atom stereocenters. The molecular formula is C14H13BrO3. The van der Waals surface area contributed by atoms with Crippen LogP contribution >= 0.6 is 15.9 Å². The van der Waals surface area contributed by atoms with Gasteiger partial charge in [-0.2, -0.15) is 0 Å². The minimum Gasteiger partial charge on any atom is -0.493 e. The standard InChI is InChI=1S/C14H13BrO3/c1-9(16)12-4-3-11(15)7-10(12)8-18-14-6-5-13(14)17-2/h3-7H,8H2,1-2H3. The molecule has 0 aromatic heterocycles. The van der Waals surface area contributed by atoms with Crippen LogP contribution < -0.4 is 0 Å². The Hall–Kier alpha value is -1.55. The van der Waals surface area contributed by atoms with Crippen LogP contribution in [0.15, 0.2) is 46.3 Å². The highest BCUT2D eigenvalue weighted by molar-refractivity contribution is 9.10. The lowest BCUT2D eigenvalue weighted by Gasteiger charge is -2.18. The molecule has 2 rings (SSSR count). The molecule has 1 aliphatic rings. The molecule has 0 bridgehead atoms. The lowest BCUT2D eigenvalue weighted by Crippen LogP contribution is -2.07. The Morgan fingerprint density at radius 2 is 2.00 bits per heavy atom. The summed E-state index contributed by atoms with van der Waals surface area (Å²) in [6.07, 6.45) is 3.67. The fourth-order valence-electron chi connectivity index (χ4n) is 1.69. The minimum absolute atomic E-state index is 0.0335. The van der Waals surface area contributed by atoms with Crippen LogP contribution in [-0.2, 0) is 16.1 Å². The number of allylic oxidation sites excluding steroid dienone is 2. The monoisotopic (exact) mass is 308 g/mol. The molecule has 0 spiro atoms. The Labute approximate surface area is 114 Å². The number of carbonyl (C=O) groups is 1. The zero-order valence-corrected chi connectivity index (χ0v) is 11.8. The molecule has 0 radical (unpaired) electrons. The normalized spacial score (nSPS) is 13.3. The molecule has 0 unspecified atom stereocenters. The fourth-order valence-corrected chi connectivity index (χ4v) is 2.10. The van der Waals surface area contributed by atoms with E-state index in [0.29, 0.717) is 17.9 Å². The molecule has 1 aromatic rings. The number of hydrogen-bond donors (Lipinski definition) is 0. The third-order valence-electron chi connectivity index (χ3n) is 2.68. The molecule has 18 heavy (non-hydrogen) atoms. The summed E-state index contributed by atoms with van der Waals surface area (Å²) in [4.78, 5) is 11.5. The van der Waals surface area contributed by atoms with Gasteiger partial charge in [0.2, 0.25) is 0 Å². The van der Waals surface area contributed by atoms with Crippen LogP contribution in [0.2, 0.25) is 0 Å². The van der Waals surface area contributed by atoms with Gasteiger partial charge in [-0.3, -0.25) is 4.79 Å². The predicted molar refractivity (Wildman–Crippen MR) is 72.1 cm³/mol. The molecule has 4 heteroatoms. The maximum absolute atomic E-state index is 11.5. The van der Waals surface area contributed by atoms with Crippen molar-refractivity contribution >= 4 is 21.7 Å². The molecule has 0 saturated heterocycles. The second-order valence-corrected chi connectivity index (χ2v) is 4.83. The van der Waals surface area contributed by atoms with E-state index in [0.717, 1.165) is 15.8 Å². The van der Waals surface area contributed by atoms with Crippen LogP contribution in [0, 0.1) is 0 Å². The maximum atomic E-state index is 11.5. The summed E-state index contributed by atoms with van der Waals surface area (Å²) in [7, 11) is 1.60. The van der Waals surface area contributed by atoms with Gasteiger partial charge >= 0.3 is 0 Å². The van der Waals surface area contributed by atoms with Crippen molar-refractivity contribution < 1.29 is 14.3 Å². The van der Waals surface area contributed by atoms with Crippen molar-refractivity contribution in [3.63, 3.8) is 0 Å². The smallest absolute Gasteiger partial charge is 0.161 e. The summed E-state index contributed by atoms with van der Waals surface area (Å²) in [5.41, 5.74) is 1.54. The topological polar surface area (TPSA) is 35.5 Å². The molecule has 0 saturated carbocycles. The summed E-state index contributed by atoms with van der Waals surface area (Å²) >= 11 is 3.39. The molecule has 0 aliphatic heterocycles. The Morgan fingerprint density at radius 3 is 2.56 bits per heavy atom. The van der Waals surface area contributed by atoms with Gasteiger partial charge in [0.25, 0.3) is 0 Å². The first-order valence-corrected chi connectivity index (χ1v) is 6.29. The van der Waals surface area contributed by atoms with E-state index in [9.17, 15) is 4.79 Å². The summed E-state index contributed by atoms with van der Waals surface area (Å²) in [6.45, 7) is 1.90. The molecule has 3 nitrogen and oxygen atoms in total. The van der Waals surface area contributed by atoms with E-state index in [1.807, 2.05) is 24.3 Å². The van der Waals surface area contributed by atoms with Gasteiger partial charge in [0, 0.05) is 15.6 Å². The van der Waals surface area contributed by atoms with Crippen LogP contribution in [0.4, 0.5) is 0 Å². The minimum atomic E-state index is 0.0335. The van der Waals surface area contributed by atoms with Crippen LogP contribution in [0.1, 0.15) is 22.8 Å². The van der Waals surface area contributed by atoms with Crippen molar-refractivity contribution in [3.8, 4) is 0 Å². The van der Waals surface area contributed by atoms with E-state index in [1.165, 1.54) is 0 Å². The Bertz CT molecular complexity index is 544. The summed E-state index contributed by atoms with van der Waals surface area (Å²) in [5, 5.41) is 0. The highest BCUT2D eigenvalue weighted by Gasteiger charge is 2.15. The SMILES string of the molecule is COC1=CC=C1OCc1cc(Br)ccc1C(C)=O. The average molecular weight is 309 g/mol. The third-order valence-corrected chi connectivity index (χ3v) is 3.17. The van der Waals surface area contributed by atoms with Crippen molar-refractivity contribution in [2.45, 2.75) is 13.5 Å². The van der Waals surface area contributed by atoms with Gasteiger partial charge in [-0.15, -0.1) is 0 Å². The first kappa shape index (κ1) is 12.9. The number of hydrogen-bond acceptors (Lipinski definition) is 3. The number of ether oxygens (including phenoxy) is 2. The molecule has 0 heterocycles. The number of rotatable bonds is 5. The quantitative estimate of drug-likeness (QED) is 0.780. The number of ketones is 1. The van der Waals surface area contributed by atoms with Crippen molar-refractivity contribution in [1.82, 2.24) is 0 Å². The van der Waals surface area contributed by atoms with Crippen molar-refractivity contribution in [2.24, 2.45) is 0 Å². The number of methoxy groups -OCH3 is 1. The second-order valence-electron chi connectivity index (χ2n) is 3.91. The molecule has 1 aliphatic carbocycles. The molecule has 0 amide bonds. The van der Waals surface area contributed by atoms with Crippen molar-refractivity contribution in [2.75, 3.05) is 7.11 Å². The van der Waals surface area contributed by atoms with Crippen LogP contribution in [0.5, 0.6) is 0 Å². The van der Waals surface area contributed by atoms with E-state index in [2.05, 4.69) is 15.9 Å². The first-order valence-electron chi connectivity index (χ1n) is 5.50. The number of Topliss-reactive ketones (excluding diaryl/α,β-unsaturated/α-hetero) is 1. The highest BCUT2D eigenvalue weighted by Crippen LogP contribution is 2.24. The third kappa shape index (κ3) is 2.64. The summed E-state index contributed by atoms with van der Waals surface area (Å²) < 4.78 is 11.6. The summed E-state index contributed by atoms with van der Waals surface area (Å²) in [5.74, 6) is 1.48. The molecular weight excluding hydrogens is 296 g/mol. The Morgan fingerprint density at radius 1 is 1.28 bits per heavy atom. The zero-order chi connectivity index (χ0) is 13.1. The van der Waals surface area contributed by atoms with Gasteiger partial charge in [-0.1, -0.05) is 15.9 Å². The van der Waals surface area contributed by atoms with Gasteiger partial charge in [-0.25, -0.2) is 0 Å². The van der Waals surface area contributed by atoms with Gasteiger partial charge < -0.3 is 9.47 Å². The van der Waals surface area contributed by atoms with Gasteiger partial charge in [-0.05, 0) is 37.3 Å². The number of halogens is 1. The van der Waals surface area contributed by atoms with E-state index >= 15 is 0 Å². The van der Waals surface area contributed by atoms with Gasteiger partial charge in [0.15, 0.2) is 17.3 Å². The van der Waals surface area contributed by atoms with E-state index in [4.69, 9.17) is 9.47 Å². The zero-order valence-electron chi connectivity index (χ0n) is 10.2. The largest absolute Gasteiger partial charge is 0.493 e. The summed E-state index contributed by atoms with van der Waals surface area (Å²) in [6, 6.07) is 5.54. The van der Waals surface area contributed by atoms with E-state index < -0.39 is 0 Å². The Kier molecular flexibility index (Phi) is 3.87. The molecule has 0 fully saturated rings. The van der Waals surface area contributed by atoms with E-state index in [1.54, 1.807) is 20.1 Å². The highest BCUT2D eigenvalue weighted by atomic mass is 79.9. The lowest BCUT2D eigenvalue weighted by atomic mass is 10.1. The number of carbonyl (C=O) groups excluding carboxylic acids is 1. The van der Waals surface area contributed by atoms with Crippen molar-refractivity contribution in [3.05, 3.63) is 57.5 Å². The fraction of sp³-hybridized carbons (Fsp3) is 0.214. The average Bonchev–Trinajstić information content (AvgIpc) is 2.28. The predicted octanol–water partition coefficient (Wildman–Crippen LogP) is 3.60. The van der Waals surface area contributed by atoms with Crippen LogP contribution in [0.3, 0.4) is 0 Å². The first-order chi connectivity index (χ1) is 8.61. The molecule has 94 valence electrons. The second kappa shape index (κ2) is 5.40. The van der Waals surface area contributed by atoms with Crippen molar-refractivity contribution in [1.29, 1.82) is 0 Å². The Balaban J connectivity index is 2.09. The molecule has 1 aromatic carbocycles. The molecule has 0 N–H and O–H groups in total. The maximum Gasteiger partial charge on any atom is 0.161 e. The lowest BCUT2D eigenvalue weighted by molar-refractivity contribution is 0.101. The van der Waals surface area contributed by atoms with E-state index in [-0.39, 0.29) is 5.78 Å². The van der Waals surface area contributed by atoms with Crippen LogP contribution in [-0.4, -0.2) is 12.9 Å². The van der Waals surface area contributed by atoms with Crippen LogP contribution in [0.25, 0.3) is 0 Å². The van der Waals surface area contributed by atoms with Gasteiger partial charge in [0.1, 0.15) is 6.61 Å².